The Morgan fingerprint density at radius 1 is 1.27 bits per heavy atom. The van der Waals surface area contributed by atoms with E-state index in [2.05, 4.69) is 15.6 Å². The Kier molecular flexibility index (Phi) is 4.91. The van der Waals surface area contributed by atoms with E-state index in [1.165, 1.54) is 4.57 Å². The quantitative estimate of drug-likeness (QED) is 0.612. The molecule has 0 spiro atoms. The third kappa shape index (κ3) is 3.73. The van der Waals surface area contributed by atoms with Gasteiger partial charge in [0, 0.05) is 38.3 Å². The van der Waals surface area contributed by atoms with Gasteiger partial charge in [-0.3, -0.25) is 4.79 Å². The van der Waals surface area contributed by atoms with Gasteiger partial charge in [-0.1, -0.05) is 0 Å². The Balaban J connectivity index is 1.62. The van der Waals surface area contributed by atoms with Crippen molar-refractivity contribution in [2.75, 3.05) is 36.2 Å². The van der Waals surface area contributed by atoms with Gasteiger partial charge in [-0.2, -0.15) is 0 Å². The second kappa shape index (κ2) is 7.57. The molecular weight excluding hydrogens is 435 g/mol. The Morgan fingerprint density at radius 3 is 2.73 bits per heavy atom. The van der Waals surface area contributed by atoms with Crippen LogP contribution in [0, 0.1) is 11.7 Å². The van der Waals surface area contributed by atoms with E-state index in [0.717, 1.165) is 6.20 Å². The van der Waals surface area contributed by atoms with Crippen LogP contribution in [0.5, 0.6) is 5.75 Å². The van der Waals surface area contributed by atoms with Crippen LogP contribution < -0.4 is 25.8 Å². The highest BCUT2D eigenvalue weighted by molar-refractivity contribution is 5.97. The van der Waals surface area contributed by atoms with Gasteiger partial charge in [0.2, 0.25) is 5.75 Å². The van der Waals surface area contributed by atoms with Crippen LogP contribution in [0.4, 0.5) is 36.1 Å². The zero-order chi connectivity index (χ0) is 23.5. The van der Waals surface area contributed by atoms with Gasteiger partial charge in [0.05, 0.1) is 29.1 Å². The molecule has 3 aromatic rings. The lowest BCUT2D eigenvalue weighted by Gasteiger charge is -2.25. The van der Waals surface area contributed by atoms with E-state index in [-0.39, 0.29) is 23.0 Å². The van der Waals surface area contributed by atoms with Gasteiger partial charge in [0.1, 0.15) is 5.82 Å². The number of fused-ring (bicyclic) bond motifs is 3. The number of anilines is 4. The molecule has 0 bridgehead atoms. The Labute approximate surface area is 188 Å². The molecule has 2 N–H and O–H groups in total. The smallest absolute Gasteiger partial charge is 0.301 e. The number of hydrogen-bond acceptors (Lipinski definition) is 6. The Hall–Kier alpha value is -3.43. The average molecular weight is 459 g/mol. The summed E-state index contributed by atoms with van der Waals surface area (Å²) in [6.07, 6.45) is 2.54. The standard InChI is InChI=1S/C23H24F3N5O2/c1-30(2)18-9-16(15(24)10-27-18)28-13-6-7-17-14(8-13)19-20(22(32)31(17)3)33-11-23(25,26)21(29-19)12-4-5-12/h6-10,12,21,29H,4-5,11H2,1-3H3,(H,27,28)/t21-/m0/s1. The first-order valence-electron chi connectivity index (χ1n) is 10.7. The van der Waals surface area contributed by atoms with Crippen molar-refractivity contribution in [3.8, 4) is 5.75 Å². The summed E-state index contributed by atoms with van der Waals surface area (Å²) in [6, 6.07) is 5.56. The molecule has 1 aromatic carbocycles. The first kappa shape index (κ1) is 21.4. The number of aryl methyl sites for hydroxylation is 1. The normalized spacial score (nSPS) is 19.3. The minimum absolute atomic E-state index is 0.130. The lowest BCUT2D eigenvalue weighted by atomic mass is 10.0. The molecule has 0 radical (unpaired) electrons. The van der Waals surface area contributed by atoms with Crippen molar-refractivity contribution in [3.05, 3.63) is 46.6 Å². The molecule has 10 heteroatoms. The maximum atomic E-state index is 14.8. The molecule has 1 aliphatic carbocycles. The van der Waals surface area contributed by atoms with Crippen molar-refractivity contribution in [2.24, 2.45) is 13.0 Å². The summed E-state index contributed by atoms with van der Waals surface area (Å²) in [5.74, 6) is -3.38. The van der Waals surface area contributed by atoms with E-state index in [1.807, 2.05) is 0 Å². The summed E-state index contributed by atoms with van der Waals surface area (Å²) in [7, 11) is 5.16. The van der Waals surface area contributed by atoms with E-state index >= 15 is 0 Å². The number of nitrogens with one attached hydrogen (secondary N) is 2. The molecule has 2 aromatic heterocycles. The predicted octanol–water partition coefficient (Wildman–Crippen LogP) is 4.10. The van der Waals surface area contributed by atoms with Crippen molar-refractivity contribution in [2.45, 2.75) is 24.8 Å². The zero-order valence-electron chi connectivity index (χ0n) is 18.5. The number of ether oxygens (including phenoxy) is 1. The molecule has 1 saturated carbocycles. The molecule has 1 atom stereocenters. The number of nitrogens with zero attached hydrogens (tertiary/aromatic N) is 3. The summed E-state index contributed by atoms with van der Waals surface area (Å²) < 4.78 is 50.7. The van der Waals surface area contributed by atoms with Gasteiger partial charge in [0.15, 0.2) is 12.4 Å². The van der Waals surface area contributed by atoms with Gasteiger partial charge in [-0.25, -0.2) is 18.2 Å². The van der Waals surface area contributed by atoms with Crippen molar-refractivity contribution < 1.29 is 17.9 Å². The van der Waals surface area contributed by atoms with Gasteiger partial charge in [-0.15, -0.1) is 0 Å². The number of aromatic nitrogens is 2. The van der Waals surface area contributed by atoms with Crippen LogP contribution in [0.1, 0.15) is 12.8 Å². The fourth-order valence-corrected chi connectivity index (χ4v) is 4.21. The summed E-state index contributed by atoms with van der Waals surface area (Å²) in [5, 5.41) is 6.51. The van der Waals surface area contributed by atoms with Crippen LogP contribution in [0.3, 0.4) is 0 Å². The maximum Gasteiger partial charge on any atom is 0.301 e. The second-order valence-corrected chi connectivity index (χ2v) is 8.85. The van der Waals surface area contributed by atoms with Crippen molar-refractivity contribution in [1.82, 2.24) is 9.55 Å². The molecular formula is C23H24F3N5O2. The monoisotopic (exact) mass is 459 g/mol. The SMILES string of the molecule is CN(C)c1cc(Nc2ccc3c(c2)c2c(c(=O)n3C)OCC(F)(F)[C@H](C3CC3)N2)c(F)cn1. The van der Waals surface area contributed by atoms with Crippen LogP contribution in [-0.4, -0.2) is 42.2 Å². The van der Waals surface area contributed by atoms with Crippen LogP contribution in [-0.2, 0) is 7.05 Å². The van der Waals surface area contributed by atoms with Gasteiger partial charge >= 0.3 is 5.92 Å². The summed E-state index contributed by atoms with van der Waals surface area (Å²) >= 11 is 0. The average Bonchev–Trinajstić information content (AvgIpc) is 3.61. The van der Waals surface area contributed by atoms with E-state index in [4.69, 9.17) is 4.74 Å². The summed E-state index contributed by atoms with van der Waals surface area (Å²) in [5.41, 5.74) is 1.04. The number of alkyl halides is 2. The summed E-state index contributed by atoms with van der Waals surface area (Å²) in [6.45, 7) is -0.859. The lowest BCUT2D eigenvalue weighted by molar-refractivity contribution is -0.0579. The molecule has 0 amide bonds. The first-order valence-corrected chi connectivity index (χ1v) is 10.7. The largest absolute Gasteiger partial charge is 0.480 e. The molecule has 1 fully saturated rings. The van der Waals surface area contributed by atoms with E-state index in [0.29, 0.717) is 35.2 Å². The number of hydrogen-bond donors (Lipinski definition) is 2. The minimum Gasteiger partial charge on any atom is -0.480 e. The number of halogens is 3. The molecule has 1 aliphatic heterocycles. The third-order valence-corrected chi connectivity index (χ3v) is 6.19. The highest BCUT2D eigenvalue weighted by Gasteiger charge is 2.51. The van der Waals surface area contributed by atoms with Crippen molar-refractivity contribution in [1.29, 1.82) is 0 Å². The number of benzene rings is 1. The number of pyridine rings is 2. The molecule has 2 aliphatic rings. The fourth-order valence-electron chi connectivity index (χ4n) is 4.21. The van der Waals surface area contributed by atoms with Crippen molar-refractivity contribution in [3.63, 3.8) is 0 Å². The molecule has 0 unspecified atom stereocenters. The summed E-state index contributed by atoms with van der Waals surface area (Å²) in [4.78, 5) is 18.7. The highest BCUT2D eigenvalue weighted by Crippen LogP contribution is 2.45. The van der Waals surface area contributed by atoms with E-state index in [1.54, 1.807) is 50.3 Å². The second-order valence-electron chi connectivity index (χ2n) is 8.85. The minimum atomic E-state index is -3.11. The van der Waals surface area contributed by atoms with E-state index < -0.39 is 29.9 Å². The van der Waals surface area contributed by atoms with Crippen LogP contribution in [0.2, 0.25) is 0 Å². The fraction of sp³-hybridized carbons (Fsp3) is 0.391. The molecule has 3 heterocycles. The topological polar surface area (TPSA) is 71.4 Å². The van der Waals surface area contributed by atoms with Gasteiger partial charge < -0.3 is 24.8 Å². The Bertz CT molecular complexity index is 1300. The van der Waals surface area contributed by atoms with Crippen molar-refractivity contribution >= 4 is 33.8 Å². The Morgan fingerprint density at radius 2 is 2.03 bits per heavy atom. The molecule has 7 nitrogen and oxygen atoms in total. The maximum absolute atomic E-state index is 14.8. The lowest BCUT2D eigenvalue weighted by Crippen LogP contribution is -2.44. The predicted molar refractivity (Wildman–Crippen MR) is 122 cm³/mol. The molecule has 174 valence electrons. The van der Waals surface area contributed by atoms with Crippen LogP contribution in [0.15, 0.2) is 35.3 Å². The van der Waals surface area contributed by atoms with Crippen LogP contribution in [0.25, 0.3) is 10.9 Å². The third-order valence-electron chi connectivity index (χ3n) is 6.19. The molecule has 0 saturated heterocycles. The van der Waals surface area contributed by atoms with Crippen LogP contribution >= 0.6 is 0 Å². The highest BCUT2D eigenvalue weighted by atomic mass is 19.3. The molecule has 33 heavy (non-hydrogen) atoms. The van der Waals surface area contributed by atoms with Gasteiger partial charge in [0.25, 0.3) is 5.56 Å². The molecule has 5 rings (SSSR count). The van der Waals surface area contributed by atoms with Gasteiger partial charge in [-0.05, 0) is 37.0 Å². The van der Waals surface area contributed by atoms with E-state index in [9.17, 15) is 18.0 Å². The first-order chi connectivity index (χ1) is 15.7. The zero-order valence-corrected chi connectivity index (χ0v) is 18.5. The number of rotatable bonds is 4.